The molecule has 1 aliphatic heterocycles. The van der Waals surface area contributed by atoms with Crippen molar-refractivity contribution in [1.29, 1.82) is 0 Å². The molecule has 0 saturated carbocycles. The van der Waals surface area contributed by atoms with Crippen molar-refractivity contribution in [3.63, 3.8) is 0 Å². The van der Waals surface area contributed by atoms with Gasteiger partial charge in [0.05, 0.1) is 25.7 Å². The minimum Gasteiger partial charge on any atom is -0.481 e. The maximum absolute atomic E-state index is 12.0. The Morgan fingerprint density at radius 1 is 1.55 bits per heavy atom. The van der Waals surface area contributed by atoms with Crippen molar-refractivity contribution in [2.45, 2.75) is 18.9 Å². The summed E-state index contributed by atoms with van der Waals surface area (Å²) in [7, 11) is 0. The molecule has 2 N–H and O–H groups in total. The summed E-state index contributed by atoms with van der Waals surface area (Å²) in [5.41, 5.74) is 0. The van der Waals surface area contributed by atoms with Gasteiger partial charge in [0, 0.05) is 19.5 Å². The van der Waals surface area contributed by atoms with Crippen LogP contribution in [-0.4, -0.2) is 64.5 Å². The first kappa shape index (κ1) is 14.3. The van der Waals surface area contributed by atoms with E-state index in [1.807, 2.05) is 0 Å². The van der Waals surface area contributed by atoms with E-state index >= 15 is 0 Å². The molecular formula is C11H16N4O5. The SMILES string of the molecule is O=C(O)CC1COCCN1C(=O)NCCc1ncno1. The standard InChI is InChI=1S/C11H16N4O5/c16-10(17)5-8-6-19-4-3-15(8)11(18)12-2-1-9-13-7-14-20-9/h7-8H,1-6H2,(H,12,18)(H,16,17). The van der Waals surface area contributed by atoms with Crippen molar-refractivity contribution < 1.29 is 24.0 Å². The van der Waals surface area contributed by atoms with E-state index in [1.54, 1.807) is 0 Å². The quantitative estimate of drug-likeness (QED) is 0.748. The van der Waals surface area contributed by atoms with E-state index < -0.39 is 12.0 Å². The number of nitrogens with one attached hydrogen (secondary N) is 1. The molecule has 1 unspecified atom stereocenters. The summed E-state index contributed by atoms with van der Waals surface area (Å²) >= 11 is 0. The monoisotopic (exact) mass is 284 g/mol. The van der Waals surface area contributed by atoms with Gasteiger partial charge in [-0.1, -0.05) is 5.16 Å². The van der Waals surface area contributed by atoms with Crippen LogP contribution in [0.2, 0.25) is 0 Å². The first-order valence-electron chi connectivity index (χ1n) is 6.26. The molecule has 0 bridgehead atoms. The summed E-state index contributed by atoms with van der Waals surface area (Å²) < 4.78 is 10.0. The van der Waals surface area contributed by atoms with Crippen molar-refractivity contribution >= 4 is 12.0 Å². The van der Waals surface area contributed by atoms with Crippen LogP contribution in [-0.2, 0) is 16.0 Å². The molecule has 2 heterocycles. The van der Waals surface area contributed by atoms with E-state index in [2.05, 4.69) is 15.5 Å². The summed E-state index contributed by atoms with van der Waals surface area (Å²) in [4.78, 5) is 28.1. The van der Waals surface area contributed by atoms with Gasteiger partial charge in [-0.2, -0.15) is 4.98 Å². The van der Waals surface area contributed by atoms with Crippen molar-refractivity contribution in [2.24, 2.45) is 0 Å². The lowest BCUT2D eigenvalue weighted by Gasteiger charge is -2.34. The molecule has 110 valence electrons. The molecule has 9 nitrogen and oxygen atoms in total. The summed E-state index contributed by atoms with van der Waals surface area (Å²) in [5, 5.41) is 15.0. The number of carbonyl (C=O) groups is 2. The van der Waals surface area contributed by atoms with Crippen LogP contribution < -0.4 is 5.32 Å². The fourth-order valence-corrected chi connectivity index (χ4v) is 1.98. The lowest BCUT2D eigenvalue weighted by molar-refractivity contribution is -0.139. The molecule has 1 fully saturated rings. The van der Waals surface area contributed by atoms with Gasteiger partial charge < -0.3 is 24.6 Å². The highest BCUT2D eigenvalue weighted by Gasteiger charge is 2.28. The predicted molar refractivity (Wildman–Crippen MR) is 65.0 cm³/mol. The van der Waals surface area contributed by atoms with Crippen LogP contribution in [0.4, 0.5) is 4.79 Å². The third kappa shape index (κ3) is 3.92. The number of carboxylic acid groups (broad SMARTS) is 1. The van der Waals surface area contributed by atoms with Gasteiger partial charge in [0.15, 0.2) is 6.33 Å². The second-order valence-corrected chi connectivity index (χ2v) is 4.34. The zero-order chi connectivity index (χ0) is 14.4. The van der Waals surface area contributed by atoms with Gasteiger partial charge in [-0.15, -0.1) is 0 Å². The van der Waals surface area contributed by atoms with E-state index in [4.69, 9.17) is 14.4 Å². The Kier molecular flexibility index (Phi) is 4.88. The number of ether oxygens (including phenoxy) is 1. The molecule has 1 saturated heterocycles. The number of hydrogen-bond acceptors (Lipinski definition) is 6. The molecule has 9 heteroatoms. The molecule has 1 aromatic rings. The minimum absolute atomic E-state index is 0.128. The number of urea groups is 1. The van der Waals surface area contributed by atoms with Crippen molar-refractivity contribution in [3.05, 3.63) is 12.2 Å². The number of amides is 2. The van der Waals surface area contributed by atoms with Crippen LogP contribution in [0, 0.1) is 0 Å². The normalized spacial score (nSPS) is 18.8. The Bertz CT molecular complexity index is 450. The smallest absolute Gasteiger partial charge is 0.317 e. The van der Waals surface area contributed by atoms with E-state index in [0.717, 1.165) is 0 Å². The Hall–Kier alpha value is -2.16. The lowest BCUT2D eigenvalue weighted by Crippen LogP contribution is -2.53. The fraction of sp³-hybridized carbons (Fsp3) is 0.636. The number of rotatable bonds is 5. The van der Waals surface area contributed by atoms with Crippen LogP contribution in [0.1, 0.15) is 12.3 Å². The second kappa shape index (κ2) is 6.85. The van der Waals surface area contributed by atoms with Crippen molar-refractivity contribution in [3.8, 4) is 0 Å². The summed E-state index contributed by atoms with van der Waals surface area (Å²) in [6.45, 7) is 1.37. The lowest BCUT2D eigenvalue weighted by atomic mass is 10.1. The third-order valence-electron chi connectivity index (χ3n) is 2.92. The number of nitrogens with zero attached hydrogens (tertiary/aromatic N) is 3. The molecule has 1 aliphatic rings. The largest absolute Gasteiger partial charge is 0.481 e. The first-order valence-corrected chi connectivity index (χ1v) is 6.26. The van der Waals surface area contributed by atoms with Crippen molar-refractivity contribution in [2.75, 3.05) is 26.3 Å². The molecule has 20 heavy (non-hydrogen) atoms. The van der Waals surface area contributed by atoms with Gasteiger partial charge in [-0.25, -0.2) is 4.79 Å². The van der Waals surface area contributed by atoms with Gasteiger partial charge in [0.25, 0.3) is 0 Å². The third-order valence-corrected chi connectivity index (χ3v) is 2.92. The fourth-order valence-electron chi connectivity index (χ4n) is 1.98. The average molecular weight is 284 g/mol. The van der Waals surface area contributed by atoms with Gasteiger partial charge in [0.1, 0.15) is 0 Å². The Labute approximate surface area is 114 Å². The van der Waals surface area contributed by atoms with Crippen LogP contribution in [0.3, 0.4) is 0 Å². The number of carbonyl (C=O) groups excluding carboxylic acids is 1. The number of carboxylic acids is 1. The number of morpholine rings is 1. The summed E-state index contributed by atoms with van der Waals surface area (Å²) in [5.74, 6) is -0.515. The topological polar surface area (TPSA) is 118 Å². The average Bonchev–Trinajstić information content (AvgIpc) is 2.91. The summed E-state index contributed by atoms with van der Waals surface area (Å²) in [6.07, 6.45) is 1.60. The number of aromatic nitrogens is 2. The molecular weight excluding hydrogens is 268 g/mol. The molecule has 0 spiro atoms. The molecule has 0 aliphatic carbocycles. The molecule has 0 aromatic carbocycles. The predicted octanol–water partition coefficient (Wildman–Crippen LogP) is -0.503. The van der Waals surface area contributed by atoms with Crippen LogP contribution >= 0.6 is 0 Å². The van der Waals surface area contributed by atoms with E-state index in [1.165, 1.54) is 11.2 Å². The van der Waals surface area contributed by atoms with Gasteiger partial charge in [-0.05, 0) is 0 Å². The highest BCUT2D eigenvalue weighted by Crippen LogP contribution is 2.10. The van der Waals surface area contributed by atoms with Crippen molar-refractivity contribution in [1.82, 2.24) is 20.4 Å². The van der Waals surface area contributed by atoms with E-state index in [9.17, 15) is 9.59 Å². The maximum atomic E-state index is 12.0. The van der Waals surface area contributed by atoms with Crippen LogP contribution in [0.5, 0.6) is 0 Å². The maximum Gasteiger partial charge on any atom is 0.317 e. The summed E-state index contributed by atoms with van der Waals surface area (Å²) in [6, 6.07) is -0.747. The molecule has 0 radical (unpaired) electrons. The zero-order valence-electron chi connectivity index (χ0n) is 10.8. The number of hydrogen-bond donors (Lipinski definition) is 2. The van der Waals surface area contributed by atoms with Crippen LogP contribution in [0.15, 0.2) is 10.9 Å². The van der Waals surface area contributed by atoms with E-state index in [0.29, 0.717) is 32.0 Å². The number of aliphatic carboxylic acids is 1. The van der Waals surface area contributed by atoms with E-state index in [-0.39, 0.29) is 19.1 Å². The van der Waals surface area contributed by atoms with Crippen LogP contribution in [0.25, 0.3) is 0 Å². The molecule has 2 rings (SSSR count). The zero-order valence-corrected chi connectivity index (χ0v) is 10.8. The molecule has 1 atom stereocenters. The minimum atomic E-state index is -0.954. The molecule has 2 amide bonds. The Morgan fingerprint density at radius 2 is 2.40 bits per heavy atom. The molecule has 1 aromatic heterocycles. The van der Waals surface area contributed by atoms with Gasteiger partial charge in [0.2, 0.25) is 5.89 Å². The first-order chi connectivity index (χ1) is 9.66. The Balaban J connectivity index is 1.81. The van der Waals surface area contributed by atoms with Gasteiger partial charge >= 0.3 is 12.0 Å². The highest BCUT2D eigenvalue weighted by molar-refractivity contribution is 5.76. The highest BCUT2D eigenvalue weighted by atomic mass is 16.5. The Morgan fingerprint density at radius 3 is 3.10 bits per heavy atom. The second-order valence-electron chi connectivity index (χ2n) is 4.34. The van der Waals surface area contributed by atoms with Gasteiger partial charge in [-0.3, -0.25) is 4.79 Å².